The molecule has 0 saturated carbocycles. The van der Waals surface area contributed by atoms with Crippen molar-refractivity contribution in [1.82, 2.24) is 9.97 Å². The lowest BCUT2D eigenvalue weighted by molar-refractivity contribution is -0.115. The monoisotopic (exact) mass is 449 g/mol. The molecule has 4 rings (SSSR count). The van der Waals surface area contributed by atoms with Gasteiger partial charge in [0.2, 0.25) is 11.7 Å². The van der Waals surface area contributed by atoms with E-state index in [0.717, 1.165) is 11.1 Å². The van der Waals surface area contributed by atoms with E-state index in [4.69, 9.17) is 0 Å². The Morgan fingerprint density at radius 1 is 1.00 bits per heavy atom. The summed E-state index contributed by atoms with van der Waals surface area (Å²) in [6.45, 7) is 1.76. The fraction of sp³-hybridized carbons (Fsp3) is 0.227. The number of carbonyl (C=O) groups excluding carboxylic acids is 1. The van der Waals surface area contributed by atoms with Gasteiger partial charge in [-0.25, -0.2) is 31.9 Å². The highest BCUT2D eigenvalue weighted by Gasteiger charge is 2.28. The first kappa shape index (κ1) is 21.7. The predicted molar refractivity (Wildman–Crippen MR) is 104 cm³/mol. The van der Waals surface area contributed by atoms with Crippen LogP contribution in [0.15, 0.2) is 18.2 Å². The third kappa shape index (κ3) is 3.65. The molecule has 1 aliphatic carbocycles. The van der Waals surface area contributed by atoms with E-state index in [9.17, 15) is 31.9 Å². The van der Waals surface area contributed by atoms with Crippen molar-refractivity contribution in [2.24, 2.45) is 0 Å². The molecular formula is C22H16F5N3O2. The van der Waals surface area contributed by atoms with Gasteiger partial charge in [-0.05, 0) is 43.0 Å². The molecule has 5 nitrogen and oxygen atoms in total. The average Bonchev–Trinajstić information content (AvgIpc) is 2.78. The molecule has 1 amide bonds. The molecule has 10 heteroatoms. The van der Waals surface area contributed by atoms with Crippen LogP contribution in [0.4, 0.5) is 27.8 Å². The van der Waals surface area contributed by atoms with Gasteiger partial charge in [0.05, 0.1) is 23.5 Å². The van der Waals surface area contributed by atoms with Gasteiger partial charge in [0.15, 0.2) is 29.1 Å². The molecule has 0 saturated heterocycles. The van der Waals surface area contributed by atoms with Crippen LogP contribution in [0.2, 0.25) is 0 Å². The topological polar surface area (TPSA) is 75.1 Å². The van der Waals surface area contributed by atoms with Crippen molar-refractivity contribution in [3.8, 4) is 17.0 Å². The van der Waals surface area contributed by atoms with Gasteiger partial charge in [-0.2, -0.15) is 0 Å². The summed E-state index contributed by atoms with van der Waals surface area (Å²) >= 11 is 0. The lowest BCUT2D eigenvalue weighted by Gasteiger charge is -2.21. The number of nitrogens with one attached hydrogen (secondary N) is 1. The Kier molecular flexibility index (Phi) is 5.53. The van der Waals surface area contributed by atoms with Gasteiger partial charge in [-0.1, -0.05) is 6.92 Å². The molecule has 0 radical (unpaired) electrons. The number of rotatable bonds is 4. The molecular weight excluding hydrogens is 433 g/mol. The molecule has 1 heterocycles. The summed E-state index contributed by atoms with van der Waals surface area (Å²) in [4.78, 5) is 21.4. The van der Waals surface area contributed by atoms with E-state index in [1.165, 1.54) is 6.07 Å². The molecule has 0 atom stereocenters. The summed E-state index contributed by atoms with van der Waals surface area (Å²) in [5.41, 5.74) is 2.03. The van der Waals surface area contributed by atoms with Crippen LogP contribution >= 0.6 is 0 Å². The number of anilines is 1. The minimum absolute atomic E-state index is 0.0577. The fourth-order valence-electron chi connectivity index (χ4n) is 3.65. The molecule has 0 spiro atoms. The maximum Gasteiger partial charge on any atom is 0.230 e. The summed E-state index contributed by atoms with van der Waals surface area (Å²) in [7, 11) is 0. The number of phenols is 1. The van der Waals surface area contributed by atoms with E-state index in [1.807, 2.05) is 0 Å². The van der Waals surface area contributed by atoms with E-state index in [-0.39, 0.29) is 11.6 Å². The molecule has 1 aromatic heterocycles. The smallest absolute Gasteiger partial charge is 0.230 e. The number of amides is 1. The Hall–Kier alpha value is -3.56. The summed E-state index contributed by atoms with van der Waals surface area (Å²) in [6.07, 6.45) is 0.333. The van der Waals surface area contributed by atoms with Gasteiger partial charge in [0.25, 0.3) is 0 Å². The first-order valence-electron chi connectivity index (χ1n) is 9.73. The SMILES string of the molecule is CCc1nc2c(nc1NC(=O)Cc1c(F)c(F)c(F)c(F)c1F)CCc1cc(O)ccc1-2. The van der Waals surface area contributed by atoms with E-state index in [0.29, 0.717) is 36.3 Å². The number of aryl methyl sites for hydroxylation is 3. The van der Waals surface area contributed by atoms with E-state index >= 15 is 0 Å². The van der Waals surface area contributed by atoms with Crippen molar-refractivity contribution in [2.45, 2.75) is 32.6 Å². The number of nitrogens with zero attached hydrogens (tertiary/aromatic N) is 2. The van der Waals surface area contributed by atoms with Crippen molar-refractivity contribution in [3.63, 3.8) is 0 Å². The maximum absolute atomic E-state index is 13.9. The fourth-order valence-corrected chi connectivity index (χ4v) is 3.65. The summed E-state index contributed by atoms with van der Waals surface area (Å²) in [5, 5.41) is 12.1. The minimum atomic E-state index is -2.29. The average molecular weight is 449 g/mol. The van der Waals surface area contributed by atoms with Crippen molar-refractivity contribution in [3.05, 3.63) is 69.8 Å². The zero-order valence-corrected chi connectivity index (χ0v) is 16.7. The molecule has 2 aromatic carbocycles. The Balaban J connectivity index is 1.65. The minimum Gasteiger partial charge on any atom is -0.508 e. The van der Waals surface area contributed by atoms with Crippen molar-refractivity contribution in [2.75, 3.05) is 5.32 Å². The summed E-state index contributed by atoms with van der Waals surface area (Å²) in [6, 6.07) is 4.89. The molecule has 3 aromatic rings. The number of fused-ring (bicyclic) bond motifs is 3. The van der Waals surface area contributed by atoms with Crippen LogP contribution in [0.5, 0.6) is 5.75 Å². The number of aromatic hydroxyl groups is 1. The van der Waals surface area contributed by atoms with Gasteiger partial charge in [0.1, 0.15) is 5.75 Å². The van der Waals surface area contributed by atoms with E-state index in [2.05, 4.69) is 15.3 Å². The van der Waals surface area contributed by atoms with Gasteiger partial charge >= 0.3 is 0 Å². The van der Waals surface area contributed by atoms with Gasteiger partial charge in [-0.3, -0.25) is 4.79 Å². The summed E-state index contributed by atoms with van der Waals surface area (Å²) in [5.74, 6) is -11.4. The highest BCUT2D eigenvalue weighted by Crippen LogP contribution is 2.34. The lowest BCUT2D eigenvalue weighted by atomic mass is 9.91. The molecule has 0 aliphatic heterocycles. The highest BCUT2D eigenvalue weighted by atomic mass is 19.2. The number of hydrogen-bond donors (Lipinski definition) is 2. The quantitative estimate of drug-likeness (QED) is 0.352. The van der Waals surface area contributed by atoms with Crippen LogP contribution in [-0.4, -0.2) is 21.0 Å². The van der Waals surface area contributed by atoms with Crippen molar-refractivity contribution < 1.29 is 31.9 Å². The zero-order valence-electron chi connectivity index (χ0n) is 16.7. The number of carbonyl (C=O) groups is 1. The summed E-state index contributed by atoms with van der Waals surface area (Å²) < 4.78 is 67.8. The van der Waals surface area contributed by atoms with Crippen LogP contribution < -0.4 is 5.32 Å². The Morgan fingerprint density at radius 2 is 1.66 bits per heavy atom. The van der Waals surface area contributed by atoms with Crippen molar-refractivity contribution in [1.29, 1.82) is 0 Å². The maximum atomic E-state index is 13.9. The van der Waals surface area contributed by atoms with E-state index in [1.54, 1.807) is 19.1 Å². The van der Waals surface area contributed by atoms with Crippen molar-refractivity contribution >= 4 is 11.7 Å². The number of phenolic OH excluding ortho intramolecular Hbond substituents is 1. The molecule has 0 fully saturated rings. The van der Waals surface area contributed by atoms with E-state index < -0.39 is 47.0 Å². The van der Waals surface area contributed by atoms with Gasteiger partial charge < -0.3 is 10.4 Å². The third-order valence-electron chi connectivity index (χ3n) is 5.25. The zero-order chi connectivity index (χ0) is 23.2. The van der Waals surface area contributed by atoms with Crippen LogP contribution in [0.3, 0.4) is 0 Å². The van der Waals surface area contributed by atoms with Crippen LogP contribution in [0, 0.1) is 29.1 Å². The van der Waals surface area contributed by atoms with Crippen LogP contribution in [0.25, 0.3) is 11.3 Å². The van der Waals surface area contributed by atoms with Crippen LogP contribution in [-0.2, 0) is 30.5 Å². The Morgan fingerprint density at radius 3 is 2.31 bits per heavy atom. The lowest BCUT2D eigenvalue weighted by Crippen LogP contribution is -2.21. The second-order valence-electron chi connectivity index (χ2n) is 7.28. The first-order valence-corrected chi connectivity index (χ1v) is 9.73. The largest absolute Gasteiger partial charge is 0.508 e. The molecule has 0 unspecified atom stereocenters. The predicted octanol–water partition coefficient (Wildman–Crippen LogP) is 4.39. The standard InChI is InChI=1S/C22H16F5N3O2/c1-2-13-22(29-14-6-3-9-7-10(31)4-5-11(9)21(14)28-13)30-15(32)8-12-16(23)18(25)20(27)19(26)17(12)24/h4-5,7,31H,2-3,6,8H2,1H3,(H,29,30,32). The van der Waals surface area contributed by atoms with Crippen LogP contribution in [0.1, 0.15) is 29.4 Å². The Bertz CT molecular complexity index is 1230. The highest BCUT2D eigenvalue weighted by molar-refractivity contribution is 5.92. The molecule has 2 N–H and O–H groups in total. The second kappa shape index (κ2) is 8.18. The number of benzene rings is 2. The number of halogens is 5. The Labute approximate surface area is 179 Å². The first-order chi connectivity index (χ1) is 15.2. The normalized spacial score (nSPS) is 12.3. The van der Waals surface area contributed by atoms with Gasteiger partial charge in [-0.15, -0.1) is 0 Å². The number of aromatic nitrogens is 2. The molecule has 0 bridgehead atoms. The molecule has 1 aliphatic rings. The molecule has 166 valence electrons. The molecule has 32 heavy (non-hydrogen) atoms. The van der Waals surface area contributed by atoms with Gasteiger partial charge in [0, 0.05) is 11.1 Å². The number of hydrogen-bond acceptors (Lipinski definition) is 4. The second-order valence-corrected chi connectivity index (χ2v) is 7.28. The third-order valence-corrected chi connectivity index (χ3v) is 5.25.